The number of guanidine groups is 1. The standard InChI is InChI=1S/C16H24FN5.HI/c1-18-16(19-10-13-4-2-3-5-15(13)17)20-11-14-12-21-6-8-22(14)9-7-21;/h2-5,14H,6-12H2,1H3,(H2,18,19,20);1H. The number of rotatable bonds is 4. The Morgan fingerprint density at radius 1 is 1.22 bits per heavy atom. The first-order valence-corrected chi connectivity index (χ1v) is 7.90. The minimum Gasteiger partial charge on any atom is -0.355 e. The zero-order valence-corrected chi connectivity index (χ0v) is 15.8. The lowest BCUT2D eigenvalue weighted by atomic mass is 10.1. The van der Waals surface area contributed by atoms with Crippen LogP contribution in [-0.2, 0) is 6.54 Å². The summed E-state index contributed by atoms with van der Waals surface area (Å²) in [5.74, 6) is 0.537. The third kappa shape index (κ3) is 4.77. The number of fused-ring (bicyclic) bond motifs is 3. The van der Waals surface area contributed by atoms with E-state index in [2.05, 4.69) is 25.4 Å². The second kappa shape index (κ2) is 8.79. The summed E-state index contributed by atoms with van der Waals surface area (Å²) >= 11 is 0. The summed E-state index contributed by atoms with van der Waals surface area (Å²) in [6, 6.07) is 7.35. The monoisotopic (exact) mass is 433 g/mol. The van der Waals surface area contributed by atoms with Crippen LogP contribution in [0.2, 0.25) is 0 Å². The fraction of sp³-hybridized carbons (Fsp3) is 0.562. The first kappa shape index (κ1) is 18.4. The van der Waals surface area contributed by atoms with Gasteiger partial charge in [0.2, 0.25) is 0 Å². The van der Waals surface area contributed by atoms with E-state index in [9.17, 15) is 4.39 Å². The van der Waals surface area contributed by atoms with Crippen LogP contribution in [0.15, 0.2) is 29.3 Å². The van der Waals surface area contributed by atoms with Gasteiger partial charge in [0, 0.05) is 64.5 Å². The molecular weight excluding hydrogens is 408 g/mol. The van der Waals surface area contributed by atoms with Gasteiger partial charge in [-0.1, -0.05) is 18.2 Å². The highest BCUT2D eigenvalue weighted by atomic mass is 127. The van der Waals surface area contributed by atoms with Crippen molar-refractivity contribution in [1.29, 1.82) is 0 Å². The Balaban J connectivity index is 0.00000192. The molecule has 3 fully saturated rings. The van der Waals surface area contributed by atoms with Crippen LogP contribution in [0.3, 0.4) is 0 Å². The summed E-state index contributed by atoms with van der Waals surface area (Å²) in [7, 11) is 1.74. The van der Waals surface area contributed by atoms with Crippen molar-refractivity contribution >= 4 is 29.9 Å². The normalized spacial score (nSPS) is 26.5. The van der Waals surface area contributed by atoms with Crippen molar-refractivity contribution in [3.05, 3.63) is 35.6 Å². The molecule has 7 heteroatoms. The maximum atomic E-state index is 13.6. The number of halogens is 2. The quantitative estimate of drug-likeness (QED) is 0.424. The van der Waals surface area contributed by atoms with E-state index >= 15 is 0 Å². The Labute approximate surface area is 154 Å². The van der Waals surface area contributed by atoms with Gasteiger partial charge in [0.25, 0.3) is 0 Å². The van der Waals surface area contributed by atoms with E-state index in [1.807, 2.05) is 6.07 Å². The number of aliphatic imine (C=N–C) groups is 1. The fourth-order valence-electron chi connectivity index (χ4n) is 3.17. The van der Waals surface area contributed by atoms with Crippen molar-refractivity contribution in [3.8, 4) is 0 Å². The summed E-state index contributed by atoms with van der Waals surface area (Å²) < 4.78 is 13.6. The van der Waals surface area contributed by atoms with Crippen LogP contribution in [0, 0.1) is 5.82 Å². The molecule has 128 valence electrons. The average molecular weight is 433 g/mol. The smallest absolute Gasteiger partial charge is 0.191 e. The minimum atomic E-state index is -0.186. The zero-order valence-electron chi connectivity index (χ0n) is 13.5. The number of nitrogens with zero attached hydrogens (tertiary/aromatic N) is 3. The van der Waals surface area contributed by atoms with Gasteiger partial charge in [-0.05, 0) is 6.07 Å². The average Bonchev–Trinajstić information content (AvgIpc) is 2.57. The molecule has 2 bridgehead atoms. The molecule has 1 aromatic rings. The molecule has 1 atom stereocenters. The zero-order chi connectivity index (χ0) is 15.4. The van der Waals surface area contributed by atoms with Crippen molar-refractivity contribution in [2.45, 2.75) is 12.6 Å². The summed E-state index contributed by atoms with van der Waals surface area (Å²) in [5.41, 5.74) is 0.650. The molecular formula is C16H25FIN5. The summed E-state index contributed by atoms with van der Waals surface area (Å²) in [4.78, 5) is 9.27. The van der Waals surface area contributed by atoms with Crippen LogP contribution in [0.25, 0.3) is 0 Å². The molecule has 0 saturated carbocycles. The lowest BCUT2D eigenvalue weighted by Gasteiger charge is -2.47. The highest BCUT2D eigenvalue weighted by Crippen LogP contribution is 2.14. The Morgan fingerprint density at radius 3 is 2.57 bits per heavy atom. The third-order valence-electron chi connectivity index (χ3n) is 4.53. The molecule has 3 saturated heterocycles. The van der Waals surface area contributed by atoms with Gasteiger partial charge in [0.1, 0.15) is 5.82 Å². The van der Waals surface area contributed by atoms with Gasteiger partial charge < -0.3 is 10.6 Å². The molecule has 0 aliphatic carbocycles. The minimum absolute atomic E-state index is 0. The molecule has 5 nitrogen and oxygen atoms in total. The molecule has 0 radical (unpaired) electrons. The fourth-order valence-corrected chi connectivity index (χ4v) is 3.17. The molecule has 3 heterocycles. The van der Waals surface area contributed by atoms with Crippen molar-refractivity contribution in [3.63, 3.8) is 0 Å². The molecule has 1 aromatic carbocycles. The van der Waals surface area contributed by atoms with Crippen LogP contribution >= 0.6 is 24.0 Å². The van der Waals surface area contributed by atoms with Gasteiger partial charge in [-0.25, -0.2) is 4.39 Å². The van der Waals surface area contributed by atoms with E-state index in [0.29, 0.717) is 18.2 Å². The van der Waals surface area contributed by atoms with Gasteiger partial charge in [-0.15, -0.1) is 24.0 Å². The number of benzene rings is 1. The predicted molar refractivity (Wildman–Crippen MR) is 102 cm³/mol. The molecule has 0 aromatic heterocycles. The molecule has 1 unspecified atom stereocenters. The van der Waals surface area contributed by atoms with Crippen LogP contribution in [0.4, 0.5) is 4.39 Å². The third-order valence-corrected chi connectivity index (χ3v) is 4.53. The van der Waals surface area contributed by atoms with E-state index in [-0.39, 0.29) is 29.8 Å². The van der Waals surface area contributed by atoms with Crippen molar-refractivity contribution in [2.75, 3.05) is 46.3 Å². The van der Waals surface area contributed by atoms with Gasteiger partial charge in [-0.2, -0.15) is 0 Å². The second-order valence-corrected chi connectivity index (χ2v) is 5.89. The Kier molecular flexibility index (Phi) is 7.04. The molecule has 2 N–H and O–H groups in total. The SMILES string of the molecule is CN=C(NCc1ccccc1F)NCC1CN2CCN1CC2.I. The Bertz CT molecular complexity index is 531. The van der Waals surface area contributed by atoms with Crippen molar-refractivity contribution in [1.82, 2.24) is 20.4 Å². The van der Waals surface area contributed by atoms with Gasteiger partial charge in [-0.3, -0.25) is 14.8 Å². The van der Waals surface area contributed by atoms with Crippen LogP contribution in [0.5, 0.6) is 0 Å². The molecule has 23 heavy (non-hydrogen) atoms. The predicted octanol–water partition coefficient (Wildman–Crippen LogP) is 1.11. The van der Waals surface area contributed by atoms with Gasteiger partial charge in [0.15, 0.2) is 5.96 Å². The number of nitrogens with one attached hydrogen (secondary N) is 2. The molecule has 3 aliphatic heterocycles. The second-order valence-electron chi connectivity index (χ2n) is 5.89. The summed E-state index contributed by atoms with van der Waals surface area (Å²) in [5, 5.41) is 6.54. The summed E-state index contributed by atoms with van der Waals surface area (Å²) in [6.45, 7) is 7.13. The van der Waals surface area contributed by atoms with E-state index in [4.69, 9.17) is 0 Å². The van der Waals surface area contributed by atoms with Crippen molar-refractivity contribution in [2.24, 2.45) is 4.99 Å². The van der Waals surface area contributed by atoms with Gasteiger partial charge in [0.05, 0.1) is 0 Å². The lowest BCUT2D eigenvalue weighted by molar-refractivity contribution is 0.0154. The van der Waals surface area contributed by atoms with Crippen molar-refractivity contribution < 1.29 is 4.39 Å². The van der Waals surface area contributed by atoms with E-state index < -0.39 is 0 Å². The van der Waals surface area contributed by atoms with E-state index in [1.54, 1.807) is 19.2 Å². The van der Waals surface area contributed by atoms with E-state index in [1.165, 1.54) is 19.2 Å². The maximum Gasteiger partial charge on any atom is 0.191 e. The first-order valence-electron chi connectivity index (χ1n) is 7.90. The van der Waals surface area contributed by atoms with Crippen LogP contribution in [0.1, 0.15) is 5.56 Å². The topological polar surface area (TPSA) is 42.9 Å². The van der Waals surface area contributed by atoms with Crippen LogP contribution < -0.4 is 10.6 Å². The van der Waals surface area contributed by atoms with Crippen LogP contribution in [-0.4, -0.2) is 68.1 Å². The Morgan fingerprint density at radius 2 is 1.96 bits per heavy atom. The summed E-state index contributed by atoms with van der Waals surface area (Å²) in [6.07, 6.45) is 0. The molecule has 3 aliphatic rings. The molecule has 0 spiro atoms. The first-order chi connectivity index (χ1) is 10.8. The van der Waals surface area contributed by atoms with E-state index in [0.717, 1.165) is 32.1 Å². The Hall–Kier alpha value is -0.930. The molecule has 4 rings (SSSR count). The highest BCUT2D eigenvalue weighted by molar-refractivity contribution is 14.0. The number of hydrogen-bond donors (Lipinski definition) is 2. The highest BCUT2D eigenvalue weighted by Gasteiger charge is 2.31. The lowest BCUT2D eigenvalue weighted by Crippen LogP contribution is -2.63. The largest absolute Gasteiger partial charge is 0.355 e. The number of hydrogen-bond acceptors (Lipinski definition) is 3. The maximum absolute atomic E-state index is 13.6. The molecule has 0 amide bonds. The number of piperazine rings is 3. The van der Waals surface area contributed by atoms with Gasteiger partial charge >= 0.3 is 0 Å².